The molecule has 1 rings (SSSR count). The Balaban J connectivity index is 2.55. The Hall–Kier alpha value is -0.560. The van der Waals surface area contributed by atoms with Crippen LogP contribution in [0.5, 0.6) is 0 Å². The van der Waals surface area contributed by atoms with Gasteiger partial charge in [-0.05, 0) is 37.3 Å². The van der Waals surface area contributed by atoms with Gasteiger partial charge in [0, 0.05) is 0 Å². The molecule has 0 aromatic rings. The van der Waals surface area contributed by atoms with Gasteiger partial charge in [0.2, 0.25) is 0 Å². The van der Waals surface area contributed by atoms with Crippen molar-refractivity contribution in [3.05, 3.63) is 24.3 Å². The predicted octanol–water partition coefficient (Wildman–Crippen LogP) is 3.14. The van der Waals surface area contributed by atoms with Gasteiger partial charge in [0.25, 0.3) is 0 Å². The fourth-order valence-electron chi connectivity index (χ4n) is 2.30. The molecule has 1 aliphatic rings. The van der Waals surface area contributed by atoms with Crippen LogP contribution in [-0.2, 0) is 0 Å². The van der Waals surface area contributed by atoms with Gasteiger partial charge in [-0.15, -0.1) is 0 Å². The second kappa shape index (κ2) is 4.79. The largest absolute Gasteiger partial charge is 0.317 e. The molecule has 0 bridgehead atoms. The topological polar surface area (TPSA) is 12.0 Å². The van der Waals surface area contributed by atoms with Crippen LogP contribution in [0.2, 0.25) is 0 Å². The summed E-state index contributed by atoms with van der Waals surface area (Å²) in [7, 11) is 0. The monoisotopic (exact) mass is 193 g/mol. The Kier molecular flexibility index (Phi) is 3.94. The maximum Gasteiger partial charge on any atom is -0.00430 e. The van der Waals surface area contributed by atoms with Gasteiger partial charge in [-0.2, -0.15) is 0 Å². The smallest absolute Gasteiger partial charge is 0.00430 e. The van der Waals surface area contributed by atoms with E-state index in [0.29, 0.717) is 11.3 Å². The molecule has 0 spiro atoms. The van der Waals surface area contributed by atoms with Crippen LogP contribution in [0.3, 0.4) is 0 Å². The molecule has 1 nitrogen and oxygen atoms in total. The van der Waals surface area contributed by atoms with Gasteiger partial charge in [0.1, 0.15) is 0 Å². The average Bonchev–Trinajstić information content (AvgIpc) is 2.09. The Bertz CT molecular complexity index is 225. The highest BCUT2D eigenvalue weighted by molar-refractivity contribution is 5.20. The van der Waals surface area contributed by atoms with Crippen LogP contribution in [0, 0.1) is 11.3 Å². The van der Waals surface area contributed by atoms with Crippen LogP contribution in [0.15, 0.2) is 24.3 Å². The second-order valence-corrected chi connectivity index (χ2v) is 4.78. The van der Waals surface area contributed by atoms with E-state index in [1.54, 1.807) is 0 Å². The van der Waals surface area contributed by atoms with Gasteiger partial charge in [-0.25, -0.2) is 0 Å². The van der Waals surface area contributed by atoms with Crippen molar-refractivity contribution in [3.8, 4) is 0 Å². The molecule has 0 aromatic carbocycles. The summed E-state index contributed by atoms with van der Waals surface area (Å²) in [4.78, 5) is 0. The van der Waals surface area contributed by atoms with E-state index in [1.165, 1.54) is 12.0 Å². The van der Waals surface area contributed by atoms with Gasteiger partial charge in [-0.3, -0.25) is 0 Å². The van der Waals surface area contributed by atoms with E-state index in [2.05, 4.69) is 44.8 Å². The van der Waals surface area contributed by atoms with Crippen molar-refractivity contribution >= 4 is 0 Å². The minimum absolute atomic E-state index is 0.296. The van der Waals surface area contributed by atoms with Crippen molar-refractivity contribution in [1.29, 1.82) is 0 Å². The molecule has 1 aliphatic carbocycles. The molecule has 1 unspecified atom stereocenters. The highest BCUT2D eigenvalue weighted by Crippen LogP contribution is 2.40. The van der Waals surface area contributed by atoms with Crippen molar-refractivity contribution < 1.29 is 0 Å². The molecule has 80 valence electrons. The maximum absolute atomic E-state index is 4.19. The summed E-state index contributed by atoms with van der Waals surface area (Å²) in [5, 5.41) is 3.39. The second-order valence-electron chi connectivity index (χ2n) is 4.78. The third-order valence-electron chi connectivity index (χ3n) is 3.18. The van der Waals surface area contributed by atoms with E-state index >= 15 is 0 Å². The molecule has 0 aromatic heterocycles. The van der Waals surface area contributed by atoms with Crippen molar-refractivity contribution in [2.75, 3.05) is 13.1 Å². The van der Waals surface area contributed by atoms with Crippen LogP contribution in [0.4, 0.5) is 0 Å². The van der Waals surface area contributed by atoms with Crippen LogP contribution < -0.4 is 5.32 Å². The Labute approximate surface area is 88.3 Å². The average molecular weight is 193 g/mol. The molecule has 1 N–H and O–H groups in total. The lowest BCUT2D eigenvalue weighted by Gasteiger charge is -2.36. The lowest BCUT2D eigenvalue weighted by Crippen LogP contribution is -2.29. The van der Waals surface area contributed by atoms with Crippen LogP contribution >= 0.6 is 0 Å². The minimum atomic E-state index is 0.296. The van der Waals surface area contributed by atoms with Crippen molar-refractivity contribution in [1.82, 2.24) is 5.32 Å². The van der Waals surface area contributed by atoms with Crippen LogP contribution in [0.25, 0.3) is 0 Å². The molecular formula is C13H23N. The summed E-state index contributed by atoms with van der Waals surface area (Å²) < 4.78 is 0. The number of allylic oxidation sites excluding steroid dienone is 3. The van der Waals surface area contributed by atoms with Crippen molar-refractivity contribution in [2.24, 2.45) is 11.3 Å². The highest BCUT2D eigenvalue weighted by Gasteiger charge is 2.30. The third kappa shape index (κ3) is 2.71. The highest BCUT2D eigenvalue weighted by atomic mass is 14.8. The fourth-order valence-corrected chi connectivity index (χ4v) is 2.30. The molecule has 0 saturated carbocycles. The van der Waals surface area contributed by atoms with Crippen molar-refractivity contribution in [3.63, 3.8) is 0 Å². The quantitative estimate of drug-likeness (QED) is 0.534. The first-order valence-corrected chi connectivity index (χ1v) is 5.64. The molecule has 0 saturated heterocycles. The van der Waals surface area contributed by atoms with Crippen LogP contribution in [-0.4, -0.2) is 13.1 Å². The summed E-state index contributed by atoms with van der Waals surface area (Å²) in [5.41, 5.74) is 1.69. The minimum Gasteiger partial charge on any atom is -0.317 e. The standard InChI is InChI=1S/C13H23N/c1-5-14-10-8-12-11(2)7-6-9-13(12,3)4/h6,9,12,14H,2,5,7-8,10H2,1,3-4H3. The lowest BCUT2D eigenvalue weighted by molar-refractivity contribution is 0.293. The summed E-state index contributed by atoms with van der Waals surface area (Å²) in [6, 6.07) is 0. The SMILES string of the molecule is C=C1CC=CC(C)(C)C1CCNCC. The first-order valence-electron chi connectivity index (χ1n) is 5.64. The molecule has 0 amide bonds. The van der Waals surface area contributed by atoms with E-state index in [1.807, 2.05) is 0 Å². The maximum atomic E-state index is 4.19. The molecule has 0 aliphatic heterocycles. The molecule has 0 radical (unpaired) electrons. The Morgan fingerprint density at radius 1 is 1.57 bits per heavy atom. The Morgan fingerprint density at radius 3 is 2.86 bits per heavy atom. The molecular weight excluding hydrogens is 170 g/mol. The molecule has 1 atom stereocenters. The number of rotatable bonds is 4. The number of hydrogen-bond acceptors (Lipinski definition) is 1. The van der Waals surface area contributed by atoms with E-state index in [9.17, 15) is 0 Å². The summed E-state index contributed by atoms with van der Waals surface area (Å²) in [6.45, 7) is 13.1. The van der Waals surface area contributed by atoms with E-state index in [0.717, 1.165) is 19.5 Å². The zero-order chi connectivity index (χ0) is 10.6. The molecule has 0 heterocycles. The van der Waals surface area contributed by atoms with Gasteiger partial charge < -0.3 is 5.32 Å². The molecule has 14 heavy (non-hydrogen) atoms. The molecule has 1 heteroatoms. The Morgan fingerprint density at radius 2 is 2.29 bits per heavy atom. The van der Waals surface area contributed by atoms with E-state index < -0.39 is 0 Å². The fraction of sp³-hybridized carbons (Fsp3) is 0.692. The molecule has 0 fully saturated rings. The van der Waals surface area contributed by atoms with Gasteiger partial charge in [0.05, 0.1) is 0 Å². The van der Waals surface area contributed by atoms with E-state index in [-0.39, 0.29) is 0 Å². The van der Waals surface area contributed by atoms with Crippen LogP contribution in [0.1, 0.15) is 33.6 Å². The summed E-state index contributed by atoms with van der Waals surface area (Å²) in [5.74, 6) is 0.645. The predicted molar refractivity (Wildman–Crippen MR) is 63.3 cm³/mol. The zero-order valence-electron chi connectivity index (χ0n) is 9.77. The first kappa shape index (κ1) is 11.5. The van der Waals surface area contributed by atoms with Crippen molar-refractivity contribution in [2.45, 2.75) is 33.6 Å². The third-order valence-corrected chi connectivity index (χ3v) is 3.18. The number of hydrogen-bond donors (Lipinski definition) is 1. The van der Waals surface area contributed by atoms with Gasteiger partial charge >= 0.3 is 0 Å². The summed E-state index contributed by atoms with van der Waals surface area (Å²) >= 11 is 0. The zero-order valence-corrected chi connectivity index (χ0v) is 9.77. The summed E-state index contributed by atoms with van der Waals surface area (Å²) in [6.07, 6.45) is 6.88. The van der Waals surface area contributed by atoms with Gasteiger partial charge in [-0.1, -0.05) is 45.1 Å². The number of nitrogens with one attached hydrogen (secondary N) is 1. The van der Waals surface area contributed by atoms with E-state index in [4.69, 9.17) is 0 Å². The lowest BCUT2D eigenvalue weighted by atomic mass is 9.69. The first-order chi connectivity index (χ1) is 6.58. The normalized spacial score (nSPS) is 25.4. The van der Waals surface area contributed by atoms with Gasteiger partial charge in [0.15, 0.2) is 0 Å².